The van der Waals surface area contributed by atoms with Crippen molar-refractivity contribution in [3.05, 3.63) is 54.3 Å². The average molecular weight is 371 g/mol. The molecule has 3 rings (SSSR count). The molecule has 0 aromatic heterocycles. The number of carbonyl (C=O) groups is 1. The van der Waals surface area contributed by atoms with Gasteiger partial charge in [-0.3, -0.25) is 4.79 Å². The SMILES string of the molecule is CN1CCN(c2ccc(NC(=O)C(C)(C)Oc3ccc(F)cc3)cc2)CC1. The zero-order valence-electron chi connectivity index (χ0n) is 16.0. The molecule has 1 amide bonds. The molecule has 1 aliphatic rings. The van der Waals surface area contributed by atoms with Gasteiger partial charge in [-0.2, -0.15) is 0 Å². The largest absolute Gasteiger partial charge is 0.478 e. The van der Waals surface area contributed by atoms with E-state index in [4.69, 9.17) is 4.74 Å². The van der Waals surface area contributed by atoms with E-state index >= 15 is 0 Å². The highest BCUT2D eigenvalue weighted by molar-refractivity contribution is 5.97. The lowest BCUT2D eigenvalue weighted by Crippen LogP contribution is -2.44. The van der Waals surface area contributed by atoms with Crippen LogP contribution < -0.4 is 15.0 Å². The molecule has 2 aromatic carbocycles. The second-order valence-electron chi connectivity index (χ2n) is 7.36. The summed E-state index contributed by atoms with van der Waals surface area (Å²) in [5.41, 5.74) is 0.783. The summed E-state index contributed by atoms with van der Waals surface area (Å²) in [5.74, 6) is -0.161. The van der Waals surface area contributed by atoms with Gasteiger partial charge in [-0.15, -0.1) is 0 Å². The van der Waals surface area contributed by atoms with E-state index < -0.39 is 5.60 Å². The molecule has 0 atom stereocenters. The Morgan fingerprint density at radius 2 is 1.59 bits per heavy atom. The zero-order chi connectivity index (χ0) is 19.4. The van der Waals surface area contributed by atoms with Gasteiger partial charge in [-0.25, -0.2) is 4.39 Å². The third-order valence-corrected chi connectivity index (χ3v) is 4.73. The summed E-state index contributed by atoms with van der Waals surface area (Å²) in [6, 6.07) is 13.5. The predicted octanol–water partition coefficient (Wildman–Crippen LogP) is 3.37. The van der Waals surface area contributed by atoms with Crippen LogP contribution in [-0.2, 0) is 4.79 Å². The van der Waals surface area contributed by atoms with Crippen LogP contribution in [0.3, 0.4) is 0 Å². The lowest BCUT2D eigenvalue weighted by Gasteiger charge is -2.34. The lowest BCUT2D eigenvalue weighted by molar-refractivity contribution is -0.128. The molecule has 0 saturated carbocycles. The van der Waals surface area contributed by atoms with Crippen molar-refractivity contribution in [2.24, 2.45) is 0 Å². The first kappa shape index (κ1) is 19.2. The minimum Gasteiger partial charge on any atom is -0.478 e. The van der Waals surface area contributed by atoms with E-state index in [-0.39, 0.29) is 11.7 Å². The number of likely N-dealkylation sites (N-methyl/N-ethyl adjacent to an activating group) is 1. The molecule has 0 spiro atoms. The van der Waals surface area contributed by atoms with Crippen molar-refractivity contribution in [3.8, 4) is 5.75 Å². The Labute approximate surface area is 159 Å². The fraction of sp³-hybridized carbons (Fsp3) is 0.381. The first-order chi connectivity index (χ1) is 12.8. The number of ether oxygens (including phenoxy) is 1. The Bertz CT molecular complexity index is 767. The maximum absolute atomic E-state index is 13.0. The molecular weight excluding hydrogens is 345 g/mol. The van der Waals surface area contributed by atoms with Crippen molar-refractivity contribution in [2.75, 3.05) is 43.4 Å². The van der Waals surface area contributed by atoms with Crippen LogP contribution in [0.25, 0.3) is 0 Å². The number of benzene rings is 2. The molecule has 0 bridgehead atoms. The van der Waals surface area contributed by atoms with Crippen molar-refractivity contribution in [2.45, 2.75) is 19.4 Å². The minimum absolute atomic E-state index is 0.265. The van der Waals surface area contributed by atoms with Crippen molar-refractivity contribution < 1.29 is 13.9 Å². The molecule has 144 valence electrons. The highest BCUT2D eigenvalue weighted by Gasteiger charge is 2.30. The van der Waals surface area contributed by atoms with Crippen LogP contribution in [-0.4, -0.2) is 49.6 Å². The predicted molar refractivity (Wildman–Crippen MR) is 106 cm³/mol. The molecular formula is C21H26FN3O2. The monoisotopic (exact) mass is 371 g/mol. The molecule has 5 nitrogen and oxygen atoms in total. The maximum atomic E-state index is 13.0. The number of amides is 1. The van der Waals surface area contributed by atoms with Gasteiger partial charge in [-0.1, -0.05) is 0 Å². The Hall–Kier alpha value is -2.60. The molecule has 0 radical (unpaired) electrons. The first-order valence-corrected chi connectivity index (χ1v) is 9.13. The van der Waals surface area contributed by atoms with Crippen LogP contribution in [0, 0.1) is 5.82 Å². The van der Waals surface area contributed by atoms with Gasteiger partial charge in [0.05, 0.1) is 0 Å². The molecule has 2 aromatic rings. The number of piperazine rings is 1. The van der Waals surface area contributed by atoms with Gasteiger partial charge in [0, 0.05) is 37.6 Å². The number of nitrogens with one attached hydrogen (secondary N) is 1. The smallest absolute Gasteiger partial charge is 0.267 e. The van der Waals surface area contributed by atoms with Crippen molar-refractivity contribution in [1.29, 1.82) is 0 Å². The van der Waals surface area contributed by atoms with Crippen LogP contribution >= 0.6 is 0 Å². The molecule has 1 fully saturated rings. The minimum atomic E-state index is -1.09. The van der Waals surface area contributed by atoms with E-state index in [2.05, 4.69) is 22.2 Å². The number of carbonyl (C=O) groups excluding carboxylic acids is 1. The average Bonchev–Trinajstić information content (AvgIpc) is 2.65. The molecule has 0 aliphatic carbocycles. The fourth-order valence-corrected chi connectivity index (χ4v) is 2.95. The van der Waals surface area contributed by atoms with E-state index in [0.717, 1.165) is 31.9 Å². The Balaban J connectivity index is 1.60. The van der Waals surface area contributed by atoms with E-state index in [0.29, 0.717) is 11.4 Å². The van der Waals surface area contributed by atoms with Crippen molar-refractivity contribution >= 4 is 17.3 Å². The number of nitrogens with zero attached hydrogens (tertiary/aromatic N) is 2. The van der Waals surface area contributed by atoms with Gasteiger partial charge in [0.1, 0.15) is 11.6 Å². The van der Waals surface area contributed by atoms with Crippen LogP contribution in [0.15, 0.2) is 48.5 Å². The standard InChI is InChI=1S/C21H26FN3O2/c1-21(2,27-19-10-4-16(22)5-11-19)20(26)23-17-6-8-18(9-7-17)25-14-12-24(3)13-15-25/h4-11H,12-15H2,1-3H3,(H,23,26). The molecule has 27 heavy (non-hydrogen) atoms. The van der Waals surface area contributed by atoms with Gasteiger partial charge in [0.25, 0.3) is 5.91 Å². The summed E-state index contributed by atoms with van der Waals surface area (Å²) < 4.78 is 18.7. The van der Waals surface area contributed by atoms with E-state index in [9.17, 15) is 9.18 Å². The second kappa shape index (κ2) is 7.96. The summed E-state index contributed by atoms with van der Waals surface area (Å²) in [6.07, 6.45) is 0. The number of anilines is 2. The molecule has 1 N–H and O–H groups in total. The number of halogens is 1. The van der Waals surface area contributed by atoms with E-state index in [1.165, 1.54) is 24.3 Å². The van der Waals surface area contributed by atoms with Gasteiger partial charge in [-0.05, 0) is 69.4 Å². The van der Waals surface area contributed by atoms with Crippen molar-refractivity contribution in [1.82, 2.24) is 4.90 Å². The normalized spacial score (nSPS) is 15.5. The highest BCUT2D eigenvalue weighted by Crippen LogP contribution is 2.23. The van der Waals surface area contributed by atoms with E-state index in [1.807, 2.05) is 24.3 Å². The summed E-state index contributed by atoms with van der Waals surface area (Å²) in [4.78, 5) is 17.3. The maximum Gasteiger partial charge on any atom is 0.267 e. The summed E-state index contributed by atoms with van der Waals surface area (Å²) in [5, 5.41) is 2.89. The van der Waals surface area contributed by atoms with Gasteiger partial charge in [0.15, 0.2) is 5.60 Å². The van der Waals surface area contributed by atoms with Crippen LogP contribution in [0.2, 0.25) is 0 Å². The topological polar surface area (TPSA) is 44.8 Å². The van der Waals surface area contributed by atoms with E-state index in [1.54, 1.807) is 13.8 Å². The molecule has 6 heteroatoms. The summed E-state index contributed by atoms with van der Waals surface area (Å²) >= 11 is 0. The van der Waals surface area contributed by atoms with Crippen molar-refractivity contribution in [3.63, 3.8) is 0 Å². The third-order valence-electron chi connectivity index (χ3n) is 4.73. The lowest BCUT2D eigenvalue weighted by atomic mass is 10.1. The molecule has 1 saturated heterocycles. The molecule has 0 unspecified atom stereocenters. The Kier molecular flexibility index (Phi) is 5.65. The number of hydrogen-bond acceptors (Lipinski definition) is 4. The van der Waals surface area contributed by atoms with Gasteiger partial charge in [0.2, 0.25) is 0 Å². The first-order valence-electron chi connectivity index (χ1n) is 9.13. The van der Waals surface area contributed by atoms with Crippen LogP contribution in [0.4, 0.5) is 15.8 Å². The Morgan fingerprint density at radius 3 is 2.19 bits per heavy atom. The van der Waals surface area contributed by atoms with Crippen LogP contribution in [0.5, 0.6) is 5.75 Å². The summed E-state index contributed by atoms with van der Waals surface area (Å²) in [6.45, 7) is 7.47. The quantitative estimate of drug-likeness (QED) is 0.875. The van der Waals surface area contributed by atoms with Gasteiger partial charge >= 0.3 is 0 Å². The molecule has 1 heterocycles. The highest BCUT2D eigenvalue weighted by atomic mass is 19.1. The zero-order valence-corrected chi connectivity index (χ0v) is 16.0. The number of rotatable bonds is 5. The van der Waals surface area contributed by atoms with Gasteiger partial charge < -0.3 is 19.9 Å². The number of hydrogen-bond donors (Lipinski definition) is 1. The Morgan fingerprint density at radius 1 is 1.00 bits per heavy atom. The third kappa shape index (κ3) is 4.98. The second-order valence-corrected chi connectivity index (χ2v) is 7.36. The van der Waals surface area contributed by atoms with Crippen LogP contribution in [0.1, 0.15) is 13.8 Å². The molecule has 1 aliphatic heterocycles. The summed E-state index contributed by atoms with van der Waals surface area (Å²) in [7, 11) is 2.13. The fourth-order valence-electron chi connectivity index (χ4n) is 2.95.